The third-order valence-corrected chi connectivity index (χ3v) is 6.93. The molecule has 0 spiro atoms. The lowest BCUT2D eigenvalue weighted by molar-refractivity contribution is 0.0764. The van der Waals surface area contributed by atoms with Crippen molar-refractivity contribution in [1.29, 1.82) is 0 Å². The second-order valence-electron chi connectivity index (χ2n) is 7.74. The number of benzene rings is 1. The first-order valence-electron chi connectivity index (χ1n) is 10.4. The maximum absolute atomic E-state index is 13.2. The van der Waals surface area contributed by atoms with Crippen molar-refractivity contribution in [3.63, 3.8) is 0 Å². The Morgan fingerprint density at radius 3 is 2.82 bits per heavy atom. The van der Waals surface area contributed by atoms with Crippen LogP contribution < -0.4 is 5.32 Å². The van der Waals surface area contributed by atoms with E-state index >= 15 is 0 Å². The number of carbonyl (C=O) groups excluding carboxylic acids is 1. The van der Waals surface area contributed by atoms with Gasteiger partial charge in [0.1, 0.15) is 0 Å². The van der Waals surface area contributed by atoms with Crippen molar-refractivity contribution in [2.75, 3.05) is 24.6 Å². The fraction of sp³-hybridized carbons (Fsp3) is 0.545. The molecule has 0 bridgehead atoms. The fourth-order valence-electron chi connectivity index (χ4n) is 4.27. The maximum atomic E-state index is 13.2. The number of hydrogen-bond acceptors (Lipinski definition) is 4. The van der Waals surface area contributed by atoms with Crippen LogP contribution in [-0.2, 0) is 25.9 Å². The first-order chi connectivity index (χ1) is 13.7. The van der Waals surface area contributed by atoms with E-state index in [0.717, 1.165) is 56.9 Å². The predicted octanol–water partition coefficient (Wildman–Crippen LogP) is 3.05. The molecule has 2 heterocycles. The Hall–Kier alpha value is -1.79. The van der Waals surface area contributed by atoms with E-state index in [4.69, 9.17) is 5.10 Å². The van der Waals surface area contributed by atoms with Gasteiger partial charge in [-0.3, -0.25) is 9.48 Å². The summed E-state index contributed by atoms with van der Waals surface area (Å²) in [5, 5.41) is 8.47. The van der Waals surface area contributed by atoms with Gasteiger partial charge >= 0.3 is 0 Å². The number of rotatable bonds is 5. The van der Waals surface area contributed by atoms with Crippen LogP contribution in [0.15, 0.2) is 24.3 Å². The van der Waals surface area contributed by atoms with Crippen LogP contribution in [0.2, 0.25) is 0 Å². The molecule has 1 unspecified atom stereocenters. The second kappa shape index (κ2) is 8.70. The van der Waals surface area contributed by atoms with E-state index in [2.05, 4.69) is 48.1 Å². The van der Waals surface area contributed by atoms with Gasteiger partial charge in [-0.1, -0.05) is 24.3 Å². The Kier molecular flexibility index (Phi) is 6.07. The number of amides is 1. The van der Waals surface area contributed by atoms with Crippen molar-refractivity contribution in [3.8, 4) is 0 Å². The maximum Gasteiger partial charge on any atom is 0.274 e. The number of carbonyl (C=O) groups is 1. The molecule has 1 aromatic carbocycles. The summed E-state index contributed by atoms with van der Waals surface area (Å²) < 4.78 is 2.05. The van der Waals surface area contributed by atoms with Crippen molar-refractivity contribution in [2.45, 2.75) is 52.2 Å². The SMILES string of the molecule is CCn1nc(C(=O)N2CCSCC2)c2c1CCC(NCc1ccccc1C)C2. The number of nitrogens with one attached hydrogen (secondary N) is 1. The van der Waals surface area contributed by atoms with E-state index in [1.54, 1.807) is 0 Å². The molecule has 1 atom stereocenters. The Morgan fingerprint density at radius 1 is 1.29 bits per heavy atom. The predicted molar refractivity (Wildman–Crippen MR) is 115 cm³/mol. The molecule has 1 N–H and O–H groups in total. The smallest absolute Gasteiger partial charge is 0.274 e. The summed E-state index contributed by atoms with van der Waals surface area (Å²) in [5.41, 5.74) is 5.82. The van der Waals surface area contributed by atoms with Gasteiger partial charge in [-0.05, 0) is 44.2 Å². The highest BCUT2D eigenvalue weighted by Crippen LogP contribution is 2.27. The zero-order chi connectivity index (χ0) is 19.5. The molecular formula is C22H30N4OS. The number of aryl methyl sites for hydroxylation is 2. The van der Waals surface area contributed by atoms with Crippen molar-refractivity contribution >= 4 is 17.7 Å². The highest BCUT2D eigenvalue weighted by molar-refractivity contribution is 7.99. The summed E-state index contributed by atoms with van der Waals surface area (Å²) in [6.45, 7) is 7.66. The van der Waals surface area contributed by atoms with Crippen LogP contribution in [-0.4, -0.2) is 51.2 Å². The number of fused-ring (bicyclic) bond motifs is 1. The lowest BCUT2D eigenvalue weighted by Gasteiger charge is -2.27. The van der Waals surface area contributed by atoms with Gasteiger partial charge in [0.15, 0.2) is 5.69 Å². The Balaban J connectivity index is 1.51. The van der Waals surface area contributed by atoms with Crippen LogP contribution in [0.4, 0.5) is 0 Å². The summed E-state index contributed by atoms with van der Waals surface area (Å²) >= 11 is 1.93. The van der Waals surface area contributed by atoms with Gasteiger partial charge in [0.25, 0.3) is 5.91 Å². The summed E-state index contributed by atoms with van der Waals surface area (Å²) in [4.78, 5) is 15.1. The van der Waals surface area contributed by atoms with Crippen molar-refractivity contribution in [3.05, 3.63) is 52.3 Å². The quantitative estimate of drug-likeness (QED) is 0.841. The summed E-state index contributed by atoms with van der Waals surface area (Å²) in [6.07, 6.45) is 2.98. The summed E-state index contributed by atoms with van der Waals surface area (Å²) in [6, 6.07) is 8.93. The molecular weight excluding hydrogens is 368 g/mol. The summed E-state index contributed by atoms with van der Waals surface area (Å²) in [7, 11) is 0. The first-order valence-corrected chi connectivity index (χ1v) is 11.6. The first kappa shape index (κ1) is 19.5. The highest BCUT2D eigenvalue weighted by atomic mass is 32.2. The van der Waals surface area contributed by atoms with Gasteiger partial charge in [0.05, 0.1) is 0 Å². The van der Waals surface area contributed by atoms with E-state index in [-0.39, 0.29) is 5.91 Å². The van der Waals surface area contributed by atoms with Gasteiger partial charge in [0, 0.05) is 55.0 Å². The molecule has 0 radical (unpaired) electrons. The van der Waals surface area contributed by atoms with E-state index in [0.29, 0.717) is 11.7 Å². The highest BCUT2D eigenvalue weighted by Gasteiger charge is 2.31. The third kappa shape index (κ3) is 3.98. The molecule has 1 aliphatic carbocycles. The van der Waals surface area contributed by atoms with E-state index in [1.807, 2.05) is 16.7 Å². The third-order valence-electron chi connectivity index (χ3n) is 5.99. The van der Waals surface area contributed by atoms with E-state index in [1.165, 1.54) is 22.4 Å². The normalized spacial score (nSPS) is 19.5. The monoisotopic (exact) mass is 398 g/mol. The zero-order valence-electron chi connectivity index (χ0n) is 16.9. The van der Waals surface area contributed by atoms with Crippen LogP contribution in [0.3, 0.4) is 0 Å². The van der Waals surface area contributed by atoms with E-state index in [9.17, 15) is 4.79 Å². The van der Waals surface area contributed by atoms with Crippen LogP contribution >= 0.6 is 11.8 Å². The molecule has 2 aromatic rings. The van der Waals surface area contributed by atoms with Crippen LogP contribution in [0.1, 0.15) is 46.2 Å². The van der Waals surface area contributed by atoms with Gasteiger partial charge in [-0.25, -0.2) is 0 Å². The van der Waals surface area contributed by atoms with Crippen molar-refractivity contribution in [2.24, 2.45) is 0 Å². The standard InChI is InChI=1S/C22H30N4OS/c1-3-26-20-9-8-18(23-15-17-7-5-4-6-16(17)2)14-19(20)21(24-26)22(27)25-10-12-28-13-11-25/h4-7,18,23H,3,8-15H2,1-2H3. The molecule has 0 saturated carbocycles. The van der Waals surface area contributed by atoms with Crippen LogP contribution in [0, 0.1) is 6.92 Å². The van der Waals surface area contributed by atoms with Gasteiger partial charge in [0.2, 0.25) is 0 Å². The van der Waals surface area contributed by atoms with Crippen LogP contribution in [0.25, 0.3) is 0 Å². The van der Waals surface area contributed by atoms with Crippen molar-refractivity contribution in [1.82, 2.24) is 20.0 Å². The molecule has 28 heavy (non-hydrogen) atoms. The molecule has 1 aliphatic heterocycles. The van der Waals surface area contributed by atoms with Gasteiger partial charge in [-0.15, -0.1) is 0 Å². The number of thioether (sulfide) groups is 1. The molecule has 5 nitrogen and oxygen atoms in total. The Labute approximate surface area is 171 Å². The van der Waals surface area contributed by atoms with Crippen LogP contribution in [0.5, 0.6) is 0 Å². The van der Waals surface area contributed by atoms with E-state index < -0.39 is 0 Å². The fourth-order valence-corrected chi connectivity index (χ4v) is 5.18. The lowest BCUT2D eigenvalue weighted by atomic mass is 9.90. The topological polar surface area (TPSA) is 50.2 Å². The molecule has 1 saturated heterocycles. The molecule has 1 aromatic heterocycles. The second-order valence-corrected chi connectivity index (χ2v) is 8.97. The molecule has 6 heteroatoms. The molecule has 1 fully saturated rings. The average Bonchev–Trinajstić information content (AvgIpc) is 3.11. The number of hydrogen-bond donors (Lipinski definition) is 1. The minimum atomic E-state index is 0.128. The summed E-state index contributed by atoms with van der Waals surface area (Å²) in [5.74, 6) is 2.19. The average molecular weight is 399 g/mol. The Bertz CT molecular complexity index is 841. The molecule has 2 aliphatic rings. The zero-order valence-corrected chi connectivity index (χ0v) is 17.7. The lowest BCUT2D eigenvalue weighted by Crippen LogP contribution is -2.39. The number of aromatic nitrogens is 2. The largest absolute Gasteiger partial charge is 0.336 e. The molecule has 150 valence electrons. The molecule has 1 amide bonds. The minimum Gasteiger partial charge on any atom is -0.336 e. The molecule has 4 rings (SSSR count). The number of nitrogens with zero attached hydrogens (tertiary/aromatic N) is 3. The van der Waals surface area contributed by atoms with Gasteiger partial charge in [-0.2, -0.15) is 16.9 Å². The Morgan fingerprint density at radius 2 is 2.07 bits per heavy atom. The minimum absolute atomic E-state index is 0.128. The van der Waals surface area contributed by atoms with Crippen molar-refractivity contribution < 1.29 is 4.79 Å². The van der Waals surface area contributed by atoms with Gasteiger partial charge < -0.3 is 10.2 Å².